The predicted molar refractivity (Wildman–Crippen MR) is 68.3 cm³/mol. The molecule has 6 heteroatoms. The standard InChI is InChI=1S/C13H8FN5/c14-9-1-8(4-15)2-10(3-9)18-12-6-16-7-13-11(12)5-17-19-13/h1-3,5-7,18H,(H,17,19). The molecule has 2 heterocycles. The lowest BCUT2D eigenvalue weighted by Crippen LogP contribution is -1.93. The van der Waals surface area contributed by atoms with Crippen LogP contribution in [0.1, 0.15) is 5.56 Å². The molecular formula is C13H8FN5. The molecule has 0 aliphatic rings. The van der Waals surface area contributed by atoms with Gasteiger partial charge in [-0.1, -0.05) is 0 Å². The molecule has 0 amide bonds. The number of H-pyrrole nitrogens is 1. The van der Waals surface area contributed by atoms with Gasteiger partial charge in [0.25, 0.3) is 0 Å². The smallest absolute Gasteiger partial charge is 0.126 e. The minimum atomic E-state index is -0.464. The molecule has 0 atom stereocenters. The largest absolute Gasteiger partial charge is 0.354 e. The van der Waals surface area contributed by atoms with Crippen molar-refractivity contribution in [2.45, 2.75) is 0 Å². The topological polar surface area (TPSA) is 77.4 Å². The van der Waals surface area contributed by atoms with E-state index in [4.69, 9.17) is 5.26 Å². The maximum absolute atomic E-state index is 13.3. The number of pyridine rings is 1. The van der Waals surface area contributed by atoms with Crippen LogP contribution in [-0.2, 0) is 0 Å². The molecule has 0 saturated heterocycles. The SMILES string of the molecule is N#Cc1cc(F)cc(Nc2cncc3[nH]ncc23)c1. The molecule has 0 bridgehead atoms. The van der Waals surface area contributed by atoms with Crippen LogP contribution in [0.3, 0.4) is 0 Å². The van der Waals surface area contributed by atoms with Crippen molar-refractivity contribution in [3.8, 4) is 6.07 Å². The monoisotopic (exact) mass is 253 g/mol. The fourth-order valence-electron chi connectivity index (χ4n) is 1.85. The van der Waals surface area contributed by atoms with Crippen LogP contribution in [0.15, 0.2) is 36.8 Å². The third kappa shape index (κ3) is 2.09. The Morgan fingerprint density at radius 1 is 1.21 bits per heavy atom. The van der Waals surface area contributed by atoms with Gasteiger partial charge in [0.1, 0.15) is 5.82 Å². The van der Waals surface area contributed by atoms with Gasteiger partial charge in [-0.2, -0.15) is 10.4 Å². The van der Waals surface area contributed by atoms with Crippen molar-refractivity contribution in [1.29, 1.82) is 5.26 Å². The molecule has 5 nitrogen and oxygen atoms in total. The number of aromatic nitrogens is 3. The Kier molecular flexibility index (Phi) is 2.58. The Hall–Kier alpha value is -2.94. The van der Waals surface area contributed by atoms with Crippen LogP contribution in [0, 0.1) is 17.1 Å². The number of hydrogen-bond acceptors (Lipinski definition) is 4. The molecule has 2 N–H and O–H groups in total. The Morgan fingerprint density at radius 3 is 2.95 bits per heavy atom. The van der Waals surface area contributed by atoms with E-state index in [1.807, 2.05) is 6.07 Å². The number of halogens is 1. The van der Waals surface area contributed by atoms with Gasteiger partial charge in [-0.05, 0) is 18.2 Å². The minimum Gasteiger partial charge on any atom is -0.354 e. The average Bonchev–Trinajstić information content (AvgIpc) is 2.87. The van der Waals surface area contributed by atoms with E-state index in [9.17, 15) is 4.39 Å². The van der Waals surface area contributed by atoms with Gasteiger partial charge in [0, 0.05) is 11.1 Å². The molecule has 3 aromatic rings. The molecule has 92 valence electrons. The lowest BCUT2D eigenvalue weighted by Gasteiger charge is -2.07. The Bertz CT molecular complexity index is 787. The summed E-state index contributed by atoms with van der Waals surface area (Å²) in [4.78, 5) is 4.05. The second-order valence-electron chi connectivity index (χ2n) is 3.98. The van der Waals surface area contributed by atoms with Gasteiger partial charge >= 0.3 is 0 Å². The number of nitriles is 1. The first-order valence-corrected chi connectivity index (χ1v) is 5.51. The first kappa shape index (κ1) is 11.2. The van der Waals surface area contributed by atoms with Crippen LogP contribution < -0.4 is 5.32 Å². The summed E-state index contributed by atoms with van der Waals surface area (Å²) in [5, 5.41) is 19.4. The number of fused-ring (bicyclic) bond motifs is 1. The van der Waals surface area contributed by atoms with Crippen LogP contribution in [0.4, 0.5) is 15.8 Å². The van der Waals surface area contributed by atoms with Crippen LogP contribution in [0.25, 0.3) is 10.9 Å². The van der Waals surface area contributed by atoms with Crippen LogP contribution in [0.5, 0.6) is 0 Å². The van der Waals surface area contributed by atoms with Crippen LogP contribution >= 0.6 is 0 Å². The highest BCUT2D eigenvalue weighted by atomic mass is 19.1. The molecule has 0 saturated carbocycles. The van der Waals surface area contributed by atoms with Gasteiger partial charge in [-0.15, -0.1) is 0 Å². The van der Waals surface area contributed by atoms with E-state index < -0.39 is 5.82 Å². The van der Waals surface area contributed by atoms with Crippen LogP contribution in [0.2, 0.25) is 0 Å². The lowest BCUT2D eigenvalue weighted by atomic mass is 10.2. The van der Waals surface area contributed by atoms with Crippen molar-refractivity contribution in [1.82, 2.24) is 15.2 Å². The van der Waals surface area contributed by atoms with E-state index in [-0.39, 0.29) is 5.56 Å². The normalized spacial score (nSPS) is 10.3. The number of aromatic amines is 1. The molecule has 0 radical (unpaired) electrons. The summed E-state index contributed by atoms with van der Waals surface area (Å²) < 4.78 is 13.3. The number of nitrogens with one attached hydrogen (secondary N) is 2. The molecule has 2 aromatic heterocycles. The number of anilines is 2. The minimum absolute atomic E-state index is 0.259. The molecule has 0 spiro atoms. The summed E-state index contributed by atoms with van der Waals surface area (Å²) in [6.45, 7) is 0. The summed E-state index contributed by atoms with van der Waals surface area (Å²) in [6.07, 6.45) is 4.93. The summed E-state index contributed by atoms with van der Waals surface area (Å²) in [6, 6.07) is 5.99. The van der Waals surface area contributed by atoms with Crippen molar-refractivity contribution in [3.63, 3.8) is 0 Å². The van der Waals surface area contributed by atoms with E-state index >= 15 is 0 Å². The molecule has 0 fully saturated rings. The second-order valence-corrected chi connectivity index (χ2v) is 3.98. The Labute approximate surface area is 107 Å². The van der Waals surface area contributed by atoms with Gasteiger partial charge in [-0.25, -0.2) is 4.39 Å². The average molecular weight is 253 g/mol. The second kappa shape index (κ2) is 4.38. The molecule has 0 unspecified atom stereocenters. The van der Waals surface area contributed by atoms with Gasteiger partial charge in [0.2, 0.25) is 0 Å². The van der Waals surface area contributed by atoms with E-state index in [0.29, 0.717) is 11.4 Å². The van der Waals surface area contributed by atoms with Gasteiger partial charge in [-0.3, -0.25) is 10.1 Å². The molecule has 0 aliphatic carbocycles. The maximum atomic E-state index is 13.3. The highest BCUT2D eigenvalue weighted by Crippen LogP contribution is 2.24. The molecular weight excluding hydrogens is 245 g/mol. The summed E-state index contributed by atoms with van der Waals surface area (Å²) in [5.74, 6) is -0.464. The van der Waals surface area contributed by atoms with E-state index in [0.717, 1.165) is 10.9 Å². The van der Waals surface area contributed by atoms with E-state index in [1.54, 1.807) is 24.7 Å². The third-order valence-corrected chi connectivity index (χ3v) is 2.67. The van der Waals surface area contributed by atoms with Crippen molar-refractivity contribution in [2.24, 2.45) is 0 Å². The molecule has 1 aromatic carbocycles. The highest BCUT2D eigenvalue weighted by molar-refractivity contribution is 5.91. The molecule has 19 heavy (non-hydrogen) atoms. The number of benzene rings is 1. The van der Waals surface area contributed by atoms with Crippen molar-refractivity contribution >= 4 is 22.3 Å². The molecule has 3 rings (SSSR count). The van der Waals surface area contributed by atoms with E-state index in [2.05, 4.69) is 20.5 Å². The lowest BCUT2D eigenvalue weighted by molar-refractivity contribution is 0.628. The first-order chi connectivity index (χ1) is 9.26. The number of hydrogen-bond donors (Lipinski definition) is 2. The zero-order valence-corrected chi connectivity index (χ0v) is 9.68. The van der Waals surface area contributed by atoms with E-state index in [1.165, 1.54) is 12.1 Å². The fraction of sp³-hybridized carbons (Fsp3) is 0. The summed E-state index contributed by atoms with van der Waals surface area (Å²) in [7, 11) is 0. The van der Waals surface area contributed by atoms with Crippen molar-refractivity contribution in [2.75, 3.05) is 5.32 Å². The number of nitrogens with zero attached hydrogens (tertiary/aromatic N) is 3. The van der Waals surface area contributed by atoms with Crippen molar-refractivity contribution in [3.05, 3.63) is 48.2 Å². The van der Waals surface area contributed by atoms with Gasteiger partial charge in [0.05, 0.1) is 41.4 Å². The summed E-state index contributed by atoms with van der Waals surface area (Å²) >= 11 is 0. The third-order valence-electron chi connectivity index (χ3n) is 2.67. The first-order valence-electron chi connectivity index (χ1n) is 5.51. The maximum Gasteiger partial charge on any atom is 0.126 e. The van der Waals surface area contributed by atoms with Gasteiger partial charge in [0.15, 0.2) is 0 Å². The fourth-order valence-corrected chi connectivity index (χ4v) is 1.85. The summed E-state index contributed by atoms with van der Waals surface area (Å²) in [5.41, 5.74) is 2.23. The highest BCUT2D eigenvalue weighted by Gasteiger charge is 2.05. The zero-order valence-electron chi connectivity index (χ0n) is 9.68. The zero-order chi connectivity index (χ0) is 13.2. The Morgan fingerprint density at radius 2 is 2.11 bits per heavy atom. The van der Waals surface area contributed by atoms with Crippen molar-refractivity contribution < 1.29 is 4.39 Å². The van der Waals surface area contributed by atoms with Crippen LogP contribution in [-0.4, -0.2) is 15.2 Å². The number of rotatable bonds is 2. The molecule has 0 aliphatic heterocycles. The quantitative estimate of drug-likeness (QED) is 0.736. The Balaban J connectivity index is 2.04. The predicted octanol–water partition coefficient (Wildman–Crippen LogP) is 2.71. The van der Waals surface area contributed by atoms with Gasteiger partial charge < -0.3 is 5.32 Å².